The molecule has 3 aliphatic heterocycles. The largest absolute Gasteiger partial charge is 0.394 e. The van der Waals surface area contributed by atoms with Crippen molar-refractivity contribution in [2.75, 3.05) is 26.2 Å². The van der Waals surface area contributed by atoms with Crippen molar-refractivity contribution in [1.82, 2.24) is 5.32 Å². The third-order valence-corrected chi connectivity index (χ3v) is 8.68. The lowest BCUT2D eigenvalue weighted by Crippen LogP contribution is -2.62. The summed E-state index contributed by atoms with van der Waals surface area (Å²) >= 11 is 0. The van der Waals surface area contributed by atoms with E-state index in [1.807, 2.05) is 0 Å². The average Bonchev–Trinajstić information content (AvgIpc) is 3.51. The maximum absolute atomic E-state index is 12.4. The van der Waals surface area contributed by atoms with E-state index >= 15 is 0 Å². The van der Waals surface area contributed by atoms with Crippen LogP contribution in [-0.2, 0) is 28.5 Å². The summed E-state index contributed by atoms with van der Waals surface area (Å²) in [7, 11) is 0. The number of ether oxygens (including phenoxy) is 5. The molecule has 3 heterocycles. The lowest BCUT2D eigenvalue weighted by molar-refractivity contribution is -0.273. The van der Waals surface area contributed by atoms with Crippen LogP contribution in [0.15, 0.2) is 0 Å². The monoisotopic (exact) mass is 670 g/mol. The Balaban J connectivity index is 0.000000402. The first-order valence-corrected chi connectivity index (χ1v) is 15.7. The van der Waals surface area contributed by atoms with Gasteiger partial charge in [-0.05, 0) is 25.7 Å². The van der Waals surface area contributed by atoms with E-state index < -0.39 is 97.8 Å². The van der Waals surface area contributed by atoms with Gasteiger partial charge in [0.15, 0.2) is 25.0 Å². The maximum atomic E-state index is 12.4. The van der Waals surface area contributed by atoms with Crippen LogP contribution >= 0.6 is 0 Å². The molecule has 19 heteroatoms. The number of carbonyl (C=O) groups excluding carboxylic acids is 1. The lowest BCUT2D eigenvalue weighted by atomic mass is 9.86. The van der Waals surface area contributed by atoms with Crippen LogP contribution in [0.2, 0.25) is 0 Å². The zero-order valence-electron chi connectivity index (χ0n) is 25.8. The summed E-state index contributed by atoms with van der Waals surface area (Å²) < 4.78 is 28.7. The number of amides is 1. The van der Waals surface area contributed by atoms with Crippen molar-refractivity contribution < 1.29 is 64.2 Å². The first-order valence-electron chi connectivity index (χ1n) is 15.7. The Bertz CT molecular complexity index is 911. The number of aliphatic hydroxyl groups is 7. The highest BCUT2D eigenvalue weighted by Crippen LogP contribution is 2.32. The van der Waals surface area contributed by atoms with Crippen LogP contribution in [0.5, 0.6) is 0 Å². The van der Waals surface area contributed by atoms with Crippen LogP contribution in [0, 0.1) is 0 Å². The van der Waals surface area contributed by atoms with Crippen molar-refractivity contribution in [2.24, 2.45) is 28.7 Å². The van der Waals surface area contributed by atoms with Crippen molar-refractivity contribution in [1.29, 1.82) is 0 Å². The summed E-state index contributed by atoms with van der Waals surface area (Å²) in [6.45, 7) is -0.183. The van der Waals surface area contributed by atoms with E-state index in [0.29, 0.717) is 38.5 Å². The molecule has 4 aliphatic rings. The zero-order valence-corrected chi connectivity index (χ0v) is 25.8. The molecule has 18 N–H and O–H groups in total. The van der Waals surface area contributed by atoms with E-state index in [2.05, 4.69) is 5.32 Å². The van der Waals surface area contributed by atoms with Crippen LogP contribution in [0.25, 0.3) is 0 Å². The predicted molar refractivity (Wildman–Crippen MR) is 158 cm³/mol. The Hall–Kier alpha value is -1.21. The van der Waals surface area contributed by atoms with E-state index in [0.717, 1.165) is 0 Å². The van der Waals surface area contributed by atoms with Gasteiger partial charge in [0.05, 0.1) is 37.1 Å². The van der Waals surface area contributed by atoms with Crippen molar-refractivity contribution in [3.05, 3.63) is 0 Å². The summed E-state index contributed by atoms with van der Waals surface area (Å²) in [5, 5.41) is 69.3. The summed E-state index contributed by atoms with van der Waals surface area (Å²) in [5.74, 6) is -0.749. The topological polar surface area (TPSA) is 347 Å². The molecule has 0 radical (unpaired) electrons. The molecule has 4 fully saturated rings. The third kappa shape index (κ3) is 10.4. The number of hydrogen-bond acceptors (Lipinski definition) is 18. The highest BCUT2D eigenvalue weighted by atomic mass is 16.7. The first kappa shape index (κ1) is 39.2. The van der Waals surface area contributed by atoms with E-state index in [1.54, 1.807) is 0 Å². The summed E-state index contributed by atoms with van der Waals surface area (Å²) in [6.07, 6.45) is -8.43. The molecule has 19 nitrogen and oxygen atoms in total. The molecule has 0 aromatic heterocycles. The predicted octanol–water partition coefficient (Wildman–Crippen LogP) is -6.92. The van der Waals surface area contributed by atoms with Crippen molar-refractivity contribution in [2.45, 2.75) is 137 Å². The van der Waals surface area contributed by atoms with Crippen LogP contribution in [-0.4, -0.2) is 166 Å². The van der Waals surface area contributed by atoms with Crippen LogP contribution in [0.4, 0.5) is 0 Å². The molecule has 1 aliphatic carbocycles. The smallest absolute Gasteiger partial charge is 0.251 e. The Morgan fingerprint density at radius 2 is 1.50 bits per heavy atom. The fourth-order valence-corrected chi connectivity index (χ4v) is 5.88. The van der Waals surface area contributed by atoms with E-state index in [-0.39, 0.29) is 32.3 Å². The Kier molecular flexibility index (Phi) is 15.8. The first-order chi connectivity index (χ1) is 21.8. The highest BCUT2D eigenvalue weighted by molar-refractivity contribution is 5.81. The van der Waals surface area contributed by atoms with Gasteiger partial charge in [-0.1, -0.05) is 0 Å². The van der Waals surface area contributed by atoms with Crippen LogP contribution in [0.3, 0.4) is 0 Å². The zero-order chi connectivity index (χ0) is 34.1. The van der Waals surface area contributed by atoms with Crippen molar-refractivity contribution >= 4 is 5.91 Å². The molecule has 0 bridgehead atoms. The van der Waals surface area contributed by atoms with Gasteiger partial charge in [0.1, 0.15) is 30.5 Å². The van der Waals surface area contributed by atoms with Crippen LogP contribution < -0.4 is 34.0 Å². The summed E-state index contributed by atoms with van der Waals surface area (Å²) in [4.78, 5) is 12.4. The molecule has 3 saturated heterocycles. The molecule has 0 aromatic carbocycles. The molecule has 16 atom stereocenters. The second-order valence-corrected chi connectivity index (χ2v) is 12.2. The number of rotatable bonds is 11. The van der Waals surface area contributed by atoms with E-state index in [9.17, 15) is 35.4 Å². The molecule has 1 amide bonds. The van der Waals surface area contributed by atoms with E-state index in [1.165, 1.54) is 0 Å². The van der Waals surface area contributed by atoms with Gasteiger partial charge in [0.25, 0.3) is 5.91 Å². The minimum absolute atomic E-state index is 0.0298. The Morgan fingerprint density at radius 1 is 0.848 bits per heavy atom. The molecular formula is C27H54N6O13. The second kappa shape index (κ2) is 18.5. The fraction of sp³-hybridized carbons (Fsp3) is 0.963. The molecule has 270 valence electrons. The Labute approximate surface area is 267 Å². The highest BCUT2D eigenvalue weighted by Gasteiger charge is 2.44. The number of nitrogens with two attached hydrogens (primary N) is 5. The molecule has 0 spiro atoms. The van der Waals surface area contributed by atoms with E-state index in [4.69, 9.17) is 57.5 Å². The average molecular weight is 671 g/mol. The van der Waals surface area contributed by atoms with Gasteiger partial charge < -0.3 is 93.4 Å². The van der Waals surface area contributed by atoms with Crippen LogP contribution in [0.1, 0.15) is 38.5 Å². The summed E-state index contributed by atoms with van der Waals surface area (Å²) in [5.41, 5.74) is 28.0. The molecule has 46 heavy (non-hydrogen) atoms. The second-order valence-electron chi connectivity index (χ2n) is 12.2. The Morgan fingerprint density at radius 3 is 2.11 bits per heavy atom. The van der Waals surface area contributed by atoms with Gasteiger partial charge in [0.2, 0.25) is 0 Å². The van der Waals surface area contributed by atoms with Gasteiger partial charge in [-0.2, -0.15) is 0 Å². The molecular weight excluding hydrogens is 616 g/mol. The summed E-state index contributed by atoms with van der Waals surface area (Å²) in [6, 6.07) is -1.99. The fourth-order valence-electron chi connectivity index (χ4n) is 5.88. The van der Waals surface area contributed by atoms with Gasteiger partial charge in [0, 0.05) is 44.6 Å². The van der Waals surface area contributed by atoms with Gasteiger partial charge in [-0.3, -0.25) is 4.79 Å². The minimum Gasteiger partial charge on any atom is -0.394 e. The molecule has 0 aromatic rings. The standard InChI is InChI=1S/C21H40N4O9.C6H14N2O4/c22-7-14(28)19(29)21(30)25-10-5-12(24)20(34-18-4-2-13(27)16(8-23)33-18)15(6-10)32-17-3-1-11(9-26)31-17;7-1-2-4(9)5(10)3(8)6(11)12-2/h10-20,26-29H,1-9,22-24H2,(H,25,30);2-6,9-11H,1,7-8H2/t10?,11?,12?,13-,14?,15?,16?,17?,18+,19?,20+;2-,3+,4+,5?,6-/m00/s1. The van der Waals surface area contributed by atoms with Crippen molar-refractivity contribution in [3.63, 3.8) is 0 Å². The number of hydrogen-bond donors (Lipinski definition) is 13. The van der Waals surface area contributed by atoms with Gasteiger partial charge >= 0.3 is 0 Å². The SMILES string of the molecule is NCC(O)C(O)C(=O)NC1CC(N)[C@@H](O[C@@H]2CC[C@H](O)C(CN)O2)C(OC2CCC(CO)O2)C1.NC[C@@H]1O[C@H](O)[C@H](N)C(O)[C@@H]1O. The minimum atomic E-state index is -1.66. The van der Waals surface area contributed by atoms with Gasteiger partial charge in [-0.15, -0.1) is 0 Å². The van der Waals surface area contributed by atoms with Crippen molar-refractivity contribution in [3.8, 4) is 0 Å². The molecule has 4 rings (SSSR count). The van der Waals surface area contributed by atoms with Gasteiger partial charge in [-0.25, -0.2) is 0 Å². The maximum Gasteiger partial charge on any atom is 0.251 e. The number of carbonyl (C=O) groups is 1. The molecule has 9 unspecified atom stereocenters. The number of aliphatic hydroxyl groups excluding tert-OH is 7. The number of nitrogens with one attached hydrogen (secondary N) is 1. The lowest BCUT2D eigenvalue weighted by Gasteiger charge is -2.43. The quantitative estimate of drug-likeness (QED) is 0.0970. The third-order valence-electron chi connectivity index (χ3n) is 8.68. The molecule has 1 saturated carbocycles. The normalized spacial score (nSPS) is 42.9.